The molecular formula is C73H143NO5. The first kappa shape index (κ1) is 77.6. The maximum absolute atomic E-state index is 12.5. The lowest BCUT2D eigenvalue weighted by Gasteiger charge is -2.22. The van der Waals surface area contributed by atoms with E-state index in [-0.39, 0.29) is 18.5 Å². The van der Waals surface area contributed by atoms with E-state index in [1.807, 2.05) is 0 Å². The minimum absolute atomic E-state index is 0.0148. The van der Waals surface area contributed by atoms with Gasteiger partial charge in [-0.3, -0.25) is 9.59 Å². The zero-order valence-corrected chi connectivity index (χ0v) is 53.9. The summed E-state index contributed by atoms with van der Waals surface area (Å²) in [6.07, 6.45) is 85.8. The van der Waals surface area contributed by atoms with Crippen LogP contribution in [0.15, 0.2) is 12.2 Å². The van der Waals surface area contributed by atoms with Gasteiger partial charge < -0.3 is 20.3 Å². The number of esters is 1. The lowest BCUT2D eigenvalue weighted by atomic mass is 10.0. The van der Waals surface area contributed by atoms with Gasteiger partial charge in [0.1, 0.15) is 0 Å². The predicted molar refractivity (Wildman–Crippen MR) is 347 cm³/mol. The Morgan fingerprint density at radius 1 is 0.342 bits per heavy atom. The number of carbonyl (C=O) groups is 2. The number of nitrogens with one attached hydrogen (secondary N) is 1. The number of amides is 1. The molecule has 0 spiro atoms. The van der Waals surface area contributed by atoms with Crippen LogP contribution in [-0.2, 0) is 14.3 Å². The molecule has 3 N–H and O–H groups in total. The minimum atomic E-state index is -0.658. The maximum atomic E-state index is 12.5. The number of carbonyl (C=O) groups excluding carboxylic acids is 2. The molecule has 470 valence electrons. The molecule has 6 nitrogen and oxygen atoms in total. The van der Waals surface area contributed by atoms with Crippen LogP contribution in [0.1, 0.15) is 418 Å². The van der Waals surface area contributed by atoms with Gasteiger partial charge in [-0.2, -0.15) is 0 Å². The first-order valence-electron chi connectivity index (χ1n) is 36.4. The van der Waals surface area contributed by atoms with Crippen molar-refractivity contribution in [2.24, 2.45) is 0 Å². The molecule has 79 heavy (non-hydrogen) atoms. The van der Waals surface area contributed by atoms with Crippen molar-refractivity contribution in [3.05, 3.63) is 12.2 Å². The van der Waals surface area contributed by atoms with Crippen LogP contribution in [0, 0.1) is 0 Å². The zero-order chi connectivity index (χ0) is 57.1. The van der Waals surface area contributed by atoms with Crippen molar-refractivity contribution < 1.29 is 24.5 Å². The van der Waals surface area contributed by atoms with Crippen molar-refractivity contribution in [1.29, 1.82) is 0 Å². The van der Waals surface area contributed by atoms with Gasteiger partial charge in [-0.1, -0.05) is 366 Å². The summed E-state index contributed by atoms with van der Waals surface area (Å²) in [5.74, 6) is -0.0124. The number of hydrogen-bond acceptors (Lipinski definition) is 5. The van der Waals surface area contributed by atoms with Crippen molar-refractivity contribution in [2.75, 3.05) is 13.2 Å². The van der Waals surface area contributed by atoms with E-state index < -0.39 is 12.1 Å². The van der Waals surface area contributed by atoms with Gasteiger partial charge in [0.25, 0.3) is 0 Å². The molecule has 0 heterocycles. The molecule has 0 aliphatic rings. The molecule has 0 saturated carbocycles. The Morgan fingerprint density at radius 3 is 0.911 bits per heavy atom. The average molecular weight is 1110 g/mol. The van der Waals surface area contributed by atoms with Crippen molar-refractivity contribution >= 4 is 11.9 Å². The van der Waals surface area contributed by atoms with E-state index in [0.29, 0.717) is 25.9 Å². The molecule has 0 aromatic carbocycles. The lowest BCUT2D eigenvalue weighted by molar-refractivity contribution is -0.143. The van der Waals surface area contributed by atoms with Crippen LogP contribution >= 0.6 is 0 Å². The summed E-state index contributed by atoms with van der Waals surface area (Å²) >= 11 is 0. The van der Waals surface area contributed by atoms with Gasteiger partial charge in [0.2, 0.25) is 5.91 Å². The number of unbranched alkanes of at least 4 members (excludes halogenated alkanes) is 56. The molecule has 2 unspecified atom stereocenters. The summed E-state index contributed by atoms with van der Waals surface area (Å²) in [5, 5.41) is 23.3. The van der Waals surface area contributed by atoms with Gasteiger partial charge in [-0.15, -0.1) is 0 Å². The third kappa shape index (κ3) is 65.6. The largest absolute Gasteiger partial charge is 0.466 e. The summed E-state index contributed by atoms with van der Waals surface area (Å²) in [7, 11) is 0. The van der Waals surface area contributed by atoms with E-state index in [1.54, 1.807) is 0 Å². The van der Waals surface area contributed by atoms with Crippen LogP contribution in [-0.4, -0.2) is 47.4 Å². The van der Waals surface area contributed by atoms with E-state index in [9.17, 15) is 19.8 Å². The summed E-state index contributed by atoms with van der Waals surface area (Å²) in [6, 6.07) is -0.535. The minimum Gasteiger partial charge on any atom is -0.466 e. The van der Waals surface area contributed by atoms with Gasteiger partial charge in [-0.05, 0) is 51.4 Å². The molecule has 0 rings (SSSR count). The second-order valence-corrected chi connectivity index (χ2v) is 25.3. The van der Waals surface area contributed by atoms with E-state index in [4.69, 9.17) is 4.74 Å². The summed E-state index contributed by atoms with van der Waals surface area (Å²) in [5.41, 5.74) is 0. The monoisotopic (exact) mass is 1110 g/mol. The molecule has 0 aliphatic heterocycles. The highest BCUT2D eigenvalue weighted by atomic mass is 16.5. The highest BCUT2D eigenvalue weighted by Gasteiger charge is 2.20. The number of aliphatic hydroxyl groups is 2. The second kappa shape index (κ2) is 69.1. The molecule has 6 heteroatoms. The van der Waals surface area contributed by atoms with Gasteiger partial charge in [0.15, 0.2) is 0 Å². The zero-order valence-electron chi connectivity index (χ0n) is 53.9. The normalized spacial score (nSPS) is 12.5. The van der Waals surface area contributed by atoms with Crippen LogP contribution in [0.5, 0.6) is 0 Å². The number of ether oxygens (including phenoxy) is 1. The van der Waals surface area contributed by atoms with Crippen molar-refractivity contribution in [2.45, 2.75) is 431 Å². The van der Waals surface area contributed by atoms with Crippen LogP contribution in [0.3, 0.4) is 0 Å². The van der Waals surface area contributed by atoms with Crippen molar-refractivity contribution in [3.63, 3.8) is 0 Å². The molecule has 0 aromatic rings. The Labute approximate surface area is 495 Å². The Kier molecular flexibility index (Phi) is 67.9. The molecule has 0 aromatic heterocycles. The third-order valence-corrected chi connectivity index (χ3v) is 17.3. The predicted octanol–water partition coefficient (Wildman–Crippen LogP) is 23.5. The summed E-state index contributed by atoms with van der Waals surface area (Å²) in [6.45, 7) is 4.97. The van der Waals surface area contributed by atoms with Crippen molar-refractivity contribution in [1.82, 2.24) is 5.32 Å². The SMILES string of the molecule is CCCCCC/C=C\CCCCCCCC(=O)OCCCCCCCCCCCCCCCCCCCCCCCCCCCCCCCCCCCCCCCC(=O)NC(CO)C(O)CCCCCCCCCCCCCC. The van der Waals surface area contributed by atoms with Crippen LogP contribution in [0.2, 0.25) is 0 Å². The fourth-order valence-electron chi connectivity index (χ4n) is 11.8. The topological polar surface area (TPSA) is 95.9 Å². The Bertz CT molecular complexity index is 1190. The number of hydrogen-bond donors (Lipinski definition) is 3. The fraction of sp³-hybridized carbons (Fsp3) is 0.945. The maximum Gasteiger partial charge on any atom is 0.305 e. The smallest absolute Gasteiger partial charge is 0.305 e. The standard InChI is InChI=1S/C73H143NO5/c1-3-5-7-9-11-13-15-42-47-51-55-59-63-67-73(78)79-68-64-60-56-52-48-44-41-39-37-35-33-31-29-27-25-23-21-19-17-18-20-22-24-26-28-30-32-34-36-38-40-43-46-50-54-58-62-66-72(77)74-70(69-75)71(76)65-61-57-53-49-45-16-14-12-10-8-6-4-2/h13,15,70-71,75-76H,3-12,14,16-69H2,1-2H3,(H,74,77)/b15-13-. The Balaban J connectivity index is 3.27. The lowest BCUT2D eigenvalue weighted by Crippen LogP contribution is -2.45. The van der Waals surface area contributed by atoms with E-state index in [0.717, 1.165) is 44.9 Å². The molecule has 0 saturated heterocycles. The molecule has 0 fully saturated rings. The highest BCUT2D eigenvalue weighted by Crippen LogP contribution is 2.20. The first-order valence-corrected chi connectivity index (χ1v) is 36.4. The number of aliphatic hydroxyl groups excluding tert-OH is 2. The van der Waals surface area contributed by atoms with Crippen LogP contribution in [0.25, 0.3) is 0 Å². The van der Waals surface area contributed by atoms with E-state index in [2.05, 4.69) is 31.3 Å². The number of allylic oxidation sites excluding steroid dienone is 2. The van der Waals surface area contributed by atoms with E-state index in [1.165, 1.54) is 340 Å². The first-order chi connectivity index (χ1) is 39.0. The van der Waals surface area contributed by atoms with Crippen LogP contribution in [0.4, 0.5) is 0 Å². The Morgan fingerprint density at radius 2 is 0.595 bits per heavy atom. The van der Waals surface area contributed by atoms with Gasteiger partial charge in [-0.25, -0.2) is 0 Å². The van der Waals surface area contributed by atoms with Crippen molar-refractivity contribution in [3.8, 4) is 0 Å². The summed E-state index contributed by atoms with van der Waals surface area (Å²) < 4.78 is 5.49. The highest BCUT2D eigenvalue weighted by molar-refractivity contribution is 5.76. The molecule has 0 bridgehead atoms. The Hall–Kier alpha value is -1.40. The molecule has 2 atom stereocenters. The van der Waals surface area contributed by atoms with Gasteiger partial charge in [0, 0.05) is 12.8 Å². The quantitative estimate of drug-likeness (QED) is 0.0320. The molecule has 0 radical (unpaired) electrons. The third-order valence-electron chi connectivity index (χ3n) is 17.3. The van der Waals surface area contributed by atoms with E-state index >= 15 is 0 Å². The number of rotatable bonds is 69. The average Bonchev–Trinajstić information content (AvgIpc) is 3.45. The van der Waals surface area contributed by atoms with Crippen LogP contribution < -0.4 is 5.32 Å². The van der Waals surface area contributed by atoms with Gasteiger partial charge in [0.05, 0.1) is 25.4 Å². The second-order valence-electron chi connectivity index (χ2n) is 25.3. The molecule has 0 aliphatic carbocycles. The summed E-state index contributed by atoms with van der Waals surface area (Å²) in [4.78, 5) is 24.5. The van der Waals surface area contributed by atoms with Gasteiger partial charge >= 0.3 is 5.97 Å². The fourth-order valence-corrected chi connectivity index (χ4v) is 11.8. The molecular weight excluding hydrogens is 971 g/mol. The molecule has 1 amide bonds.